The molecule has 0 saturated heterocycles. The van der Waals surface area contributed by atoms with E-state index in [1.54, 1.807) is 32.0 Å². The topological polar surface area (TPSA) is 38.3 Å². The number of hydrogen-bond donors (Lipinski definition) is 1. The van der Waals surface area contributed by atoms with Crippen LogP contribution in [0.1, 0.15) is 19.4 Å². The molecule has 0 aromatic heterocycles. The maximum Gasteiger partial charge on any atom is 0.322 e. The first-order chi connectivity index (χ1) is 8.04. The van der Waals surface area contributed by atoms with Crippen LogP contribution in [-0.4, -0.2) is 18.6 Å². The zero-order valence-corrected chi connectivity index (χ0v) is 11.3. The molecule has 1 aromatic carbocycles. The molecule has 94 valence electrons. The first-order valence-electron chi connectivity index (χ1n) is 5.38. The Balaban J connectivity index is 2.55. The summed E-state index contributed by atoms with van der Waals surface area (Å²) >= 11 is 11.9. The maximum atomic E-state index is 11.4. The predicted molar refractivity (Wildman–Crippen MR) is 69.4 cm³/mol. The van der Waals surface area contributed by atoms with Crippen molar-refractivity contribution in [2.24, 2.45) is 0 Å². The normalized spacial score (nSPS) is 12.2. The highest BCUT2D eigenvalue weighted by atomic mass is 35.5. The van der Waals surface area contributed by atoms with Crippen molar-refractivity contribution in [1.29, 1.82) is 0 Å². The van der Waals surface area contributed by atoms with Gasteiger partial charge in [-0.1, -0.05) is 23.2 Å². The van der Waals surface area contributed by atoms with Crippen molar-refractivity contribution >= 4 is 29.2 Å². The van der Waals surface area contributed by atoms with E-state index in [1.165, 1.54) is 0 Å². The lowest BCUT2D eigenvalue weighted by molar-refractivity contribution is -0.145. The van der Waals surface area contributed by atoms with Gasteiger partial charge in [0.1, 0.15) is 6.04 Å². The smallest absolute Gasteiger partial charge is 0.322 e. The van der Waals surface area contributed by atoms with E-state index in [9.17, 15) is 4.79 Å². The van der Waals surface area contributed by atoms with Gasteiger partial charge in [0.15, 0.2) is 0 Å². The minimum absolute atomic E-state index is 0.273. The van der Waals surface area contributed by atoms with Crippen molar-refractivity contribution in [3.63, 3.8) is 0 Å². The highest BCUT2D eigenvalue weighted by molar-refractivity contribution is 6.33. The monoisotopic (exact) mass is 275 g/mol. The molecule has 17 heavy (non-hydrogen) atoms. The third-order valence-electron chi connectivity index (χ3n) is 2.25. The molecule has 0 saturated carbocycles. The largest absolute Gasteiger partial charge is 0.465 e. The van der Waals surface area contributed by atoms with Gasteiger partial charge in [0, 0.05) is 16.6 Å². The van der Waals surface area contributed by atoms with Crippen LogP contribution in [0.4, 0.5) is 0 Å². The molecule has 0 amide bonds. The fourth-order valence-corrected chi connectivity index (χ4v) is 1.67. The van der Waals surface area contributed by atoms with Crippen molar-refractivity contribution in [1.82, 2.24) is 5.32 Å². The molecule has 1 N–H and O–H groups in total. The van der Waals surface area contributed by atoms with Crippen molar-refractivity contribution in [2.45, 2.75) is 26.4 Å². The van der Waals surface area contributed by atoms with Gasteiger partial charge in [-0.2, -0.15) is 0 Å². The van der Waals surface area contributed by atoms with Gasteiger partial charge in [-0.15, -0.1) is 0 Å². The van der Waals surface area contributed by atoms with Crippen LogP contribution in [-0.2, 0) is 16.1 Å². The molecule has 0 heterocycles. The second-order valence-electron chi connectivity index (χ2n) is 3.59. The fraction of sp³-hybridized carbons (Fsp3) is 0.417. The molecule has 0 radical (unpaired) electrons. The quantitative estimate of drug-likeness (QED) is 0.840. The van der Waals surface area contributed by atoms with Crippen molar-refractivity contribution in [3.8, 4) is 0 Å². The molecule has 1 rings (SSSR count). The number of rotatable bonds is 5. The molecule has 1 aromatic rings. The summed E-state index contributed by atoms with van der Waals surface area (Å²) < 4.78 is 4.89. The van der Waals surface area contributed by atoms with Gasteiger partial charge >= 0.3 is 5.97 Å². The predicted octanol–water partition coefficient (Wildman–Crippen LogP) is 3.03. The van der Waals surface area contributed by atoms with E-state index < -0.39 is 0 Å². The first-order valence-corrected chi connectivity index (χ1v) is 6.14. The Bertz CT molecular complexity index is 396. The van der Waals surface area contributed by atoms with E-state index in [0.717, 1.165) is 5.56 Å². The number of ether oxygens (including phenoxy) is 1. The summed E-state index contributed by atoms with van der Waals surface area (Å²) in [5, 5.41) is 4.28. The third-order valence-corrected chi connectivity index (χ3v) is 2.85. The number of halogens is 2. The molecule has 0 aliphatic rings. The molecule has 1 atom stereocenters. The number of hydrogen-bond acceptors (Lipinski definition) is 3. The van der Waals surface area contributed by atoms with Gasteiger partial charge in [-0.3, -0.25) is 4.79 Å². The van der Waals surface area contributed by atoms with E-state index in [0.29, 0.717) is 23.2 Å². The standard InChI is InChI=1S/C12H15Cl2NO2/c1-3-17-12(16)8(2)15-7-9-6-10(13)4-5-11(9)14/h4-6,8,15H,3,7H2,1-2H3. The van der Waals surface area contributed by atoms with Gasteiger partial charge in [0.25, 0.3) is 0 Å². The van der Waals surface area contributed by atoms with Crippen LogP contribution in [0.15, 0.2) is 18.2 Å². The van der Waals surface area contributed by atoms with Gasteiger partial charge in [0.2, 0.25) is 0 Å². The van der Waals surface area contributed by atoms with Crippen LogP contribution in [0.2, 0.25) is 10.0 Å². The van der Waals surface area contributed by atoms with Crippen molar-refractivity contribution in [2.75, 3.05) is 6.61 Å². The molecule has 0 aliphatic carbocycles. The highest BCUT2D eigenvalue weighted by Crippen LogP contribution is 2.20. The van der Waals surface area contributed by atoms with Crippen molar-refractivity contribution < 1.29 is 9.53 Å². The third kappa shape index (κ3) is 4.54. The second kappa shape index (κ2) is 6.84. The Morgan fingerprint density at radius 2 is 2.18 bits per heavy atom. The molecule has 0 bridgehead atoms. The molecule has 1 unspecified atom stereocenters. The van der Waals surface area contributed by atoms with Crippen LogP contribution < -0.4 is 5.32 Å². The number of carbonyl (C=O) groups excluding carboxylic acids is 1. The number of esters is 1. The number of nitrogens with one attached hydrogen (secondary N) is 1. The average Bonchev–Trinajstić information content (AvgIpc) is 2.30. The minimum atomic E-state index is -0.370. The highest BCUT2D eigenvalue weighted by Gasteiger charge is 2.13. The van der Waals surface area contributed by atoms with Gasteiger partial charge < -0.3 is 10.1 Å². The number of carbonyl (C=O) groups is 1. The SMILES string of the molecule is CCOC(=O)C(C)NCc1cc(Cl)ccc1Cl. The Labute approximate surface area is 111 Å². The first kappa shape index (κ1) is 14.3. The van der Waals surface area contributed by atoms with Crippen molar-refractivity contribution in [3.05, 3.63) is 33.8 Å². The molecule has 0 spiro atoms. The summed E-state index contributed by atoms with van der Waals surface area (Å²) in [6, 6.07) is 4.86. The van der Waals surface area contributed by atoms with E-state index in [4.69, 9.17) is 27.9 Å². The average molecular weight is 276 g/mol. The fourth-order valence-electron chi connectivity index (χ4n) is 1.29. The van der Waals surface area contributed by atoms with Crippen LogP contribution >= 0.6 is 23.2 Å². The van der Waals surface area contributed by atoms with Gasteiger partial charge in [-0.05, 0) is 37.6 Å². The van der Waals surface area contributed by atoms with Crippen LogP contribution in [0.5, 0.6) is 0 Å². The molecule has 3 nitrogen and oxygen atoms in total. The van der Waals surface area contributed by atoms with E-state index in [1.807, 2.05) is 0 Å². The molecule has 0 fully saturated rings. The van der Waals surface area contributed by atoms with E-state index >= 15 is 0 Å². The Kier molecular flexibility index (Phi) is 5.75. The maximum absolute atomic E-state index is 11.4. The lowest BCUT2D eigenvalue weighted by atomic mass is 10.2. The van der Waals surface area contributed by atoms with E-state index in [-0.39, 0.29) is 12.0 Å². The zero-order chi connectivity index (χ0) is 12.8. The summed E-state index contributed by atoms with van der Waals surface area (Å²) in [6.07, 6.45) is 0. The molecule has 0 aliphatic heterocycles. The molecule has 5 heteroatoms. The van der Waals surface area contributed by atoms with Crippen LogP contribution in [0.3, 0.4) is 0 Å². The van der Waals surface area contributed by atoms with Gasteiger partial charge in [-0.25, -0.2) is 0 Å². The zero-order valence-electron chi connectivity index (χ0n) is 9.80. The summed E-state index contributed by atoms with van der Waals surface area (Å²) in [7, 11) is 0. The summed E-state index contributed by atoms with van der Waals surface area (Å²) in [5.74, 6) is -0.273. The minimum Gasteiger partial charge on any atom is -0.465 e. The lowest BCUT2D eigenvalue weighted by Crippen LogP contribution is -2.34. The summed E-state index contributed by atoms with van der Waals surface area (Å²) in [5.41, 5.74) is 0.857. The summed E-state index contributed by atoms with van der Waals surface area (Å²) in [6.45, 7) is 4.37. The van der Waals surface area contributed by atoms with Gasteiger partial charge in [0.05, 0.1) is 6.61 Å². The van der Waals surface area contributed by atoms with Crippen LogP contribution in [0, 0.1) is 0 Å². The lowest BCUT2D eigenvalue weighted by Gasteiger charge is -2.13. The van der Waals surface area contributed by atoms with Crippen LogP contribution in [0.25, 0.3) is 0 Å². The van der Waals surface area contributed by atoms with E-state index in [2.05, 4.69) is 5.32 Å². The number of benzene rings is 1. The molecular formula is C12H15Cl2NO2. The second-order valence-corrected chi connectivity index (χ2v) is 4.43. The Morgan fingerprint density at radius 3 is 2.82 bits per heavy atom. The Hall–Kier alpha value is -0.770. The molecular weight excluding hydrogens is 261 g/mol. The Morgan fingerprint density at radius 1 is 1.47 bits per heavy atom. The summed E-state index contributed by atoms with van der Waals surface area (Å²) in [4.78, 5) is 11.4.